The first-order chi connectivity index (χ1) is 8.09. The molecule has 0 spiro atoms. The van der Waals surface area contributed by atoms with Gasteiger partial charge in [-0.3, -0.25) is 14.5 Å². The molecule has 0 N–H and O–H groups in total. The molecule has 2 amide bonds. The van der Waals surface area contributed by atoms with Gasteiger partial charge in [-0.05, 0) is 19.1 Å². The topological polar surface area (TPSA) is 54.5 Å². The molecule has 4 nitrogen and oxygen atoms in total. The maximum Gasteiger partial charge on any atom is 0.237 e. The van der Waals surface area contributed by atoms with E-state index in [2.05, 4.69) is 0 Å². The Kier molecular flexibility index (Phi) is 3.04. The van der Waals surface area contributed by atoms with Gasteiger partial charge >= 0.3 is 0 Å². The third kappa shape index (κ3) is 2.25. The molecule has 1 aromatic carbocycles. The molecular weight excluding hydrogens is 218 g/mol. The van der Waals surface area contributed by atoms with E-state index in [-0.39, 0.29) is 30.4 Å². The average molecular weight is 231 g/mol. The molecule has 0 aliphatic carbocycles. The van der Waals surface area contributed by atoms with Crippen molar-refractivity contribution in [3.63, 3.8) is 0 Å². The highest BCUT2D eigenvalue weighted by Crippen LogP contribution is 2.28. The van der Waals surface area contributed by atoms with Gasteiger partial charge in [0.2, 0.25) is 11.8 Å². The Balaban J connectivity index is 2.23. The SMILES string of the molecule is CC(=O)CC1CC(=O)N(c2ccccc2)C1=O. The van der Waals surface area contributed by atoms with Crippen molar-refractivity contribution >= 4 is 23.3 Å². The van der Waals surface area contributed by atoms with Crippen molar-refractivity contribution in [2.24, 2.45) is 5.92 Å². The average Bonchev–Trinajstić information content (AvgIpc) is 2.54. The van der Waals surface area contributed by atoms with Crippen molar-refractivity contribution < 1.29 is 14.4 Å². The molecule has 1 aliphatic rings. The maximum absolute atomic E-state index is 12.0. The van der Waals surface area contributed by atoms with E-state index in [1.807, 2.05) is 6.07 Å². The first kappa shape index (κ1) is 11.5. The van der Waals surface area contributed by atoms with Crippen LogP contribution < -0.4 is 4.90 Å². The third-order valence-electron chi connectivity index (χ3n) is 2.79. The summed E-state index contributed by atoms with van der Waals surface area (Å²) < 4.78 is 0. The fourth-order valence-electron chi connectivity index (χ4n) is 2.05. The van der Waals surface area contributed by atoms with Crippen LogP contribution in [0.1, 0.15) is 19.8 Å². The molecule has 0 bridgehead atoms. The van der Waals surface area contributed by atoms with Crippen molar-refractivity contribution in [2.75, 3.05) is 4.90 Å². The van der Waals surface area contributed by atoms with Gasteiger partial charge in [-0.2, -0.15) is 0 Å². The normalized spacial score (nSPS) is 19.8. The number of carbonyl (C=O) groups is 3. The van der Waals surface area contributed by atoms with Crippen molar-refractivity contribution in [3.05, 3.63) is 30.3 Å². The summed E-state index contributed by atoms with van der Waals surface area (Å²) in [6.45, 7) is 1.43. The van der Waals surface area contributed by atoms with E-state index in [1.165, 1.54) is 11.8 Å². The van der Waals surface area contributed by atoms with Gasteiger partial charge in [0.25, 0.3) is 0 Å². The van der Waals surface area contributed by atoms with E-state index < -0.39 is 5.92 Å². The van der Waals surface area contributed by atoms with Crippen LogP contribution in [0, 0.1) is 5.92 Å². The number of amides is 2. The van der Waals surface area contributed by atoms with Gasteiger partial charge in [-0.25, -0.2) is 0 Å². The summed E-state index contributed by atoms with van der Waals surface area (Å²) in [5, 5.41) is 0. The predicted octanol–water partition coefficient (Wildman–Crippen LogP) is 1.55. The van der Waals surface area contributed by atoms with Crippen LogP contribution in [-0.2, 0) is 14.4 Å². The number of rotatable bonds is 3. The molecule has 1 fully saturated rings. The summed E-state index contributed by atoms with van der Waals surface area (Å²) in [6, 6.07) is 8.79. The van der Waals surface area contributed by atoms with Crippen LogP contribution in [0.25, 0.3) is 0 Å². The van der Waals surface area contributed by atoms with E-state index in [1.54, 1.807) is 24.3 Å². The van der Waals surface area contributed by atoms with Gasteiger partial charge in [-0.1, -0.05) is 18.2 Å². The van der Waals surface area contributed by atoms with E-state index in [4.69, 9.17) is 0 Å². The van der Waals surface area contributed by atoms with Gasteiger partial charge in [0, 0.05) is 12.8 Å². The number of hydrogen-bond acceptors (Lipinski definition) is 3. The van der Waals surface area contributed by atoms with Gasteiger partial charge in [0.05, 0.1) is 11.6 Å². The van der Waals surface area contributed by atoms with E-state index in [9.17, 15) is 14.4 Å². The molecule has 1 atom stereocenters. The van der Waals surface area contributed by atoms with Crippen LogP contribution in [0.15, 0.2) is 30.3 Å². The van der Waals surface area contributed by atoms with Gasteiger partial charge in [0.15, 0.2) is 0 Å². The molecule has 1 heterocycles. The molecule has 0 radical (unpaired) electrons. The molecule has 88 valence electrons. The molecule has 0 aromatic heterocycles. The van der Waals surface area contributed by atoms with Gasteiger partial charge in [0.1, 0.15) is 5.78 Å². The first-order valence-electron chi connectivity index (χ1n) is 5.51. The zero-order valence-electron chi connectivity index (χ0n) is 9.55. The Morgan fingerprint density at radius 2 is 1.94 bits per heavy atom. The molecule has 1 aliphatic heterocycles. The van der Waals surface area contributed by atoms with Crippen LogP contribution in [-0.4, -0.2) is 17.6 Å². The van der Waals surface area contributed by atoms with Crippen LogP contribution >= 0.6 is 0 Å². The number of benzene rings is 1. The zero-order chi connectivity index (χ0) is 12.4. The number of imide groups is 1. The lowest BCUT2D eigenvalue weighted by Crippen LogP contribution is -2.30. The summed E-state index contributed by atoms with van der Waals surface area (Å²) >= 11 is 0. The summed E-state index contributed by atoms with van der Waals surface area (Å²) in [6.07, 6.45) is 0.279. The highest BCUT2D eigenvalue weighted by molar-refractivity contribution is 6.21. The molecule has 4 heteroatoms. The minimum Gasteiger partial charge on any atom is -0.300 e. The van der Waals surface area contributed by atoms with E-state index in [0.717, 1.165) is 0 Å². The second-order valence-electron chi connectivity index (χ2n) is 4.21. The first-order valence-corrected chi connectivity index (χ1v) is 5.51. The van der Waals surface area contributed by atoms with Crippen molar-refractivity contribution in [2.45, 2.75) is 19.8 Å². The van der Waals surface area contributed by atoms with Crippen LogP contribution in [0.4, 0.5) is 5.69 Å². The van der Waals surface area contributed by atoms with Crippen molar-refractivity contribution in [3.8, 4) is 0 Å². The number of anilines is 1. The second kappa shape index (κ2) is 4.49. The lowest BCUT2D eigenvalue weighted by molar-refractivity contribution is -0.125. The molecule has 2 rings (SSSR count). The number of ketones is 1. The largest absolute Gasteiger partial charge is 0.300 e. The fourth-order valence-corrected chi connectivity index (χ4v) is 2.05. The number of Topliss-reactive ketones (excluding diaryl/α,β-unsaturated/α-hetero) is 1. The smallest absolute Gasteiger partial charge is 0.237 e. The summed E-state index contributed by atoms with van der Waals surface area (Å²) in [5.41, 5.74) is 0.577. The molecule has 1 saturated heterocycles. The second-order valence-corrected chi connectivity index (χ2v) is 4.21. The van der Waals surface area contributed by atoms with Crippen LogP contribution in [0.2, 0.25) is 0 Å². The minimum absolute atomic E-state index is 0.0638. The Hall–Kier alpha value is -1.97. The highest BCUT2D eigenvalue weighted by Gasteiger charge is 2.39. The minimum atomic E-state index is -0.486. The lowest BCUT2D eigenvalue weighted by atomic mass is 10.0. The van der Waals surface area contributed by atoms with E-state index in [0.29, 0.717) is 5.69 Å². The third-order valence-corrected chi connectivity index (χ3v) is 2.79. The fraction of sp³-hybridized carbons (Fsp3) is 0.308. The van der Waals surface area contributed by atoms with Gasteiger partial charge in [-0.15, -0.1) is 0 Å². The van der Waals surface area contributed by atoms with Crippen LogP contribution in [0.5, 0.6) is 0 Å². The summed E-state index contributed by atoms with van der Waals surface area (Å²) in [4.78, 5) is 36.0. The van der Waals surface area contributed by atoms with Crippen molar-refractivity contribution in [1.29, 1.82) is 0 Å². The van der Waals surface area contributed by atoms with Crippen molar-refractivity contribution in [1.82, 2.24) is 0 Å². The number of nitrogens with zero attached hydrogens (tertiary/aromatic N) is 1. The predicted molar refractivity (Wildman–Crippen MR) is 62.3 cm³/mol. The van der Waals surface area contributed by atoms with E-state index >= 15 is 0 Å². The lowest BCUT2D eigenvalue weighted by Gasteiger charge is -2.14. The quantitative estimate of drug-likeness (QED) is 0.741. The van der Waals surface area contributed by atoms with Gasteiger partial charge < -0.3 is 4.79 Å². The molecule has 17 heavy (non-hydrogen) atoms. The Labute approximate surface area is 99.2 Å². The number of carbonyl (C=O) groups excluding carboxylic acids is 3. The summed E-state index contributed by atoms with van der Waals surface area (Å²) in [5.74, 6) is -1.05. The molecular formula is C13H13NO3. The Morgan fingerprint density at radius 3 is 2.53 bits per heavy atom. The molecule has 0 saturated carbocycles. The molecule has 1 unspecified atom stereocenters. The number of hydrogen-bond donors (Lipinski definition) is 0. The Bertz CT molecular complexity index is 467. The van der Waals surface area contributed by atoms with Crippen LogP contribution in [0.3, 0.4) is 0 Å². The summed E-state index contributed by atoms with van der Waals surface area (Å²) in [7, 11) is 0. The monoisotopic (exact) mass is 231 g/mol. The maximum atomic E-state index is 12.0. The number of para-hydroxylation sites is 1. The zero-order valence-corrected chi connectivity index (χ0v) is 9.55. The highest BCUT2D eigenvalue weighted by atomic mass is 16.2. The standard InChI is InChI=1S/C13H13NO3/c1-9(15)7-10-8-12(16)14(13(10)17)11-5-3-2-4-6-11/h2-6,10H,7-8H2,1H3. The molecule has 1 aromatic rings. The Morgan fingerprint density at radius 1 is 1.29 bits per heavy atom.